The van der Waals surface area contributed by atoms with Gasteiger partial charge in [-0.25, -0.2) is 0 Å². The number of benzene rings is 1. The molecule has 0 unspecified atom stereocenters. The van der Waals surface area contributed by atoms with Crippen molar-refractivity contribution in [2.45, 2.75) is 19.9 Å². The molecule has 19 heavy (non-hydrogen) atoms. The lowest BCUT2D eigenvalue weighted by atomic mass is 10.2. The number of nitrogens with zero attached hydrogens (tertiary/aromatic N) is 2. The quantitative estimate of drug-likeness (QED) is 0.802. The summed E-state index contributed by atoms with van der Waals surface area (Å²) in [6.45, 7) is 3.73. The van der Waals surface area contributed by atoms with Gasteiger partial charge in [-0.3, -0.25) is 9.48 Å². The molecular weight excluding hydrogens is 242 g/mol. The lowest BCUT2D eigenvalue weighted by molar-refractivity contribution is -0.121. The molecule has 5 nitrogen and oxygen atoms in total. The van der Waals surface area contributed by atoms with Crippen LogP contribution in [0.15, 0.2) is 24.4 Å². The van der Waals surface area contributed by atoms with Gasteiger partial charge < -0.3 is 10.1 Å². The van der Waals surface area contributed by atoms with Gasteiger partial charge in [-0.2, -0.15) is 5.10 Å². The van der Waals surface area contributed by atoms with Crippen LogP contribution in [-0.4, -0.2) is 35.9 Å². The highest BCUT2D eigenvalue weighted by Gasteiger charge is 2.05. The largest absolute Gasteiger partial charge is 0.383 e. The van der Waals surface area contributed by atoms with Crippen molar-refractivity contribution in [3.8, 4) is 0 Å². The van der Waals surface area contributed by atoms with Crippen molar-refractivity contribution in [3.63, 3.8) is 0 Å². The molecule has 1 N–H and O–H groups in total. The molecule has 0 fully saturated rings. The van der Waals surface area contributed by atoms with Gasteiger partial charge in [0.2, 0.25) is 5.91 Å². The molecule has 1 amide bonds. The van der Waals surface area contributed by atoms with E-state index < -0.39 is 0 Å². The van der Waals surface area contributed by atoms with E-state index in [1.807, 2.05) is 23.9 Å². The third-order valence-corrected chi connectivity index (χ3v) is 2.98. The Labute approximate surface area is 112 Å². The smallest absolute Gasteiger partial charge is 0.221 e. The average molecular weight is 261 g/mol. The molecule has 2 aromatic rings. The normalized spacial score (nSPS) is 10.8. The Hall–Kier alpha value is -1.88. The summed E-state index contributed by atoms with van der Waals surface area (Å²) in [6, 6.07) is 6.20. The second-order valence-corrected chi connectivity index (χ2v) is 4.52. The Morgan fingerprint density at radius 2 is 2.32 bits per heavy atom. The van der Waals surface area contributed by atoms with Gasteiger partial charge in [-0.1, -0.05) is 12.1 Å². The van der Waals surface area contributed by atoms with E-state index in [0.717, 1.165) is 10.9 Å². The minimum atomic E-state index is 0.0216. The second-order valence-electron chi connectivity index (χ2n) is 4.52. The fraction of sp³-hybridized carbons (Fsp3) is 0.429. The van der Waals surface area contributed by atoms with E-state index >= 15 is 0 Å². The van der Waals surface area contributed by atoms with Gasteiger partial charge in [-0.15, -0.1) is 0 Å². The van der Waals surface area contributed by atoms with Crippen molar-refractivity contribution < 1.29 is 9.53 Å². The first-order chi connectivity index (χ1) is 9.20. The molecule has 0 saturated heterocycles. The summed E-state index contributed by atoms with van der Waals surface area (Å²) in [5, 5.41) is 8.22. The molecule has 0 atom stereocenters. The average Bonchev–Trinajstić information content (AvgIpc) is 2.79. The maximum Gasteiger partial charge on any atom is 0.221 e. The SMILES string of the molecule is COCCNC(=O)CCn1ncc2ccc(C)cc21. The van der Waals surface area contributed by atoms with E-state index in [2.05, 4.69) is 22.5 Å². The number of methoxy groups -OCH3 is 1. The molecule has 0 saturated carbocycles. The number of aryl methyl sites for hydroxylation is 2. The predicted octanol–water partition coefficient (Wildman–Crippen LogP) is 1.50. The van der Waals surface area contributed by atoms with Crippen LogP contribution in [0.25, 0.3) is 10.9 Å². The van der Waals surface area contributed by atoms with Crippen LogP contribution in [0.5, 0.6) is 0 Å². The van der Waals surface area contributed by atoms with Crippen LogP contribution in [0.3, 0.4) is 0 Å². The van der Waals surface area contributed by atoms with Crippen molar-refractivity contribution in [2.75, 3.05) is 20.3 Å². The molecule has 1 aromatic carbocycles. The third kappa shape index (κ3) is 3.54. The number of amides is 1. The molecule has 1 aromatic heterocycles. The Kier molecular flexibility index (Phi) is 4.52. The van der Waals surface area contributed by atoms with Crippen LogP contribution in [-0.2, 0) is 16.1 Å². The van der Waals surface area contributed by atoms with E-state index in [9.17, 15) is 4.79 Å². The fourth-order valence-corrected chi connectivity index (χ4v) is 1.95. The molecule has 0 spiro atoms. The first kappa shape index (κ1) is 13.5. The van der Waals surface area contributed by atoms with Crippen molar-refractivity contribution in [1.29, 1.82) is 0 Å². The van der Waals surface area contributed by atoms with Gasteiger partial charge in [-0.05, 0) is 18.6 Å². The summed E-state index contributed by atoms with van der Waals surface area (Å²) in [6.07, 6.45) is 2.26. The predicted molar refractivity (Wildman–Crippen MR) is 74.0 cm³/mol. The van der Waals surface area contributed by atoms with Gasteiger partial charge in [0.05, 0.1) is 24.9 Å². The number of rotatable bonds is 6. The highest BCUT2D eigenvalue weighted by atomic mass is 16.5. The van der Waals surface area contributed by atoms with Crippen LogP contribution in [0.1, 0.15) is 12.0 Å². The van der Waals surface area contributed by atoms with Crippen LogP contribution in [0.4, 0.5) is 0 Å². The molecule has 2 rings (SSSR count). The molecule has 0 aliphatic heterocycles. The van der Waals surface area contributed by atoms with E-state index in [1.54, 1.807) is 7.11 Å². The molecule has 0 aliphatic rings. The van der Waals surface area contributed by atoms with E-state index in [4.69, 9.17) is 4.74 Å². The van der Waals surface area contributed by atoms with Gasteiger partial charge in [0.1, 0.15) is 0 Å². The van der Waals surface area contributed by atoms with Crippen LogP contribution in [0, 0.1) is 6.92 Å². The number of carbonyl (C=O) groups excluding carboxylic acids is 1. The molecular formula is C14H19N3O2. The fourth-order valence-electron chi connectivity index (χ4n) is 1.95. The van der Waals surface area contributed by atoms with E-state index in [1.165, 1.54) is 5.56 Å². The lowest BCUT2D eigenvalue weighted by Gasteiger charge is -2.06. The highest BCUT2D eigenvalue weighted by Crippen LogP contribution is 2.15. The Morgan fingerprint density at radius 3 is 3.11 bits per heavy atom. The minimum Gasteiger partial charge on any atom is -0.383 e. The monoisotopic (exact) mass is 261 g/mol. The molecule has 0 bridgehead atoms. The highest BCUT2D eigenvalue weighted by molar-refractivity contribution is 5.80. The van der Waals surface area contributed by atoms with E-state index in [0.29, 0.717) is 26.1 Å². The zero-order valence-corrected chi connectivity index (χ0v) is 11.3. The van der Waals surface area contributed by atoms with E-state index in [-0.39, 0.29) is 5.91 Å². The molecule has 102 valence electrons. The number of fused-ring (bicyclic) bond motifs is 1. The van der Waals surface area contributed by atoms with Crippen molar-refractivity contribution in [2.24, 2.45) is 0 Å². The summed E-state index contributed by atoms with van der Waals surface area (Å²) < 4.78 is 6.75. The number of aromatic nitrogens is 2. The number of nitrogens with one attached hydrogen (secondary N) is 1. The molecule has 0 aliphatic carbocycles. The maximum atomic E-state index is 11.6. The third-order valence-electron chi connectivity index (χ3n) is 2.98. The topological polar surface area (TPSA) is 56.1 Å². The Morgan fingerprint density at radius 1 is 1.47 bits per heavy atom. The van der Waals surface area contributed by atoms with Crippen molar-refractivity contribution in [1.82, 2.24) is 15.1 Å². The Balaban J connectivity index is 1.94. The lowest BCUT2D eigenvalue weighted by Crippen LogP contribution is -2.27. The van der Waals surface area contributed by atoms with Crippen LogP contribution >= 0.6 is 0 Å². The summed E-state index contributed by atoms with van der Waals surface area (Å²) >= 11 is 0. The standard InChI is InChI=1S/C14H19N3O2/c1-11-3-4-12-10-16-17(13(12)9-11)7-5-14(18)15-6-8-19-2/h3-4,9-10H,5-8H2,1-2H3,(H,15,18). The van der Waals surface area contributed by atoms with Gasteiger partial charge in [0, 0.05) is 25.5 Å². The molecule has 5 heteroatoms. The number of hydrogen-bond donors (Lipinski definition) is 1. The minimum absolute atomic E-state index is 0.0216. The van der Waals surface area contributed by atoms with Gasteiger partial charge in [0.25, 0.3) is 0 Å². The summed E-state index contributed by atoms with van der Waals surface area (Å²) in [4.78, 5) is 11.6. The summed E-state index contributed by atoms with van der Waals surface area (Å²) in [7, 11) is 1.62. The second kappa shape index (κ2) is 6.33. The number of carbonyl (C=O) groups is 1. The van der Waals surface area contributed by atoms with Crippen LogP contribution in [0.2, 0.25) is 0 Å². The summed E-state index contributed by atoms with van der Waals surface area (Å²) in [5.41, 5.74) is 2.27. The zero-order chi connectivity index (χ0) is 13.7. The number of hydrogen-bond acceptors (Lipinski definition) is 3. The van der Waals surface area contributed by atoms with Gasteiger partial charge in [0.15, 0.2) is 0 Å². The zero-order valence-electron chi connectivity index (χ0n) is 11.3. The van der Waals surface area contributed by atoms with Crippen molar-refractivity contribution in [3.05, 3.63) is 30.0 Å². The first-order valence-corrected chi connectivity index (χ1v) is 6.38. The number of ether oxygens (including phenoxy) is 1. The van der Waals surface area contributed by atoms with Crippen LogP contribution < -0.4 is 5.32 Å². The first-order valence-electron chi connectivity index (χ1n) is 6.38. The summed E-state index contributed by atoms with van der Waals surface area (Å²) in [5.74, 6) is 0.0216. The van der Waals surface area contributed by atoms with Crippen molar-refractivity contribution >= 4 is 16.8 Å². The van der Waals surface area contributed by atoms with Gasteiger partial charge >= 0.3 is 0 Å². The Bertz CT molecular complexity index is 563. The maximum absolute atomic E-state index is 11.6. The molecule has 1 heterocycles. The molecule has 0 radical (unpaired) electrons.